The second kappa shape index (κ2) is 8.27. The lowest BCUT2D eigenvalue weighted by molar-refractivity contribution is -0.142. The number of alkyl halides is 3. The molecule has 1 aliphatic heterocycles. The summed E-state index contributed by atoms with van der Waals surface area (Å²) < 4.78 is 56.7. The predicted molar refractivity (Wildman–Crippen MR) is 115 cm³/mol. The number of para-hydroxylation sites is 1. The molecule has 4 rings (SSSR count). The quantitative estimate of drug-likeness (QED) is 0.478. The SMILES string of the molecule is C=CC(=O)N1CCN(c2cccc3c(=O)n(-c4c(O)cccc4F)c(C(F)(F)F)cc23)CC1. The third kappa shape index (κ3) is 3.92. The molecule has 33 heavy (non-hydrogen) atoms. The van der Waals surface area contributed by atoms with Gasteiger partial charge in [0.1, 0.15) is 17.1 Å². The van der Waals surface area contributed by atoms with Crippen molar-refractivity contribution in [3.05, 3.63) is 77.0 Å². The molecule has 0 spiro atoms. The number of hydrogen-bond acceptors (Lipinski definition) is 4. The molecule has 0 bridgehead atoms. The van der Waals surface area contributed by atoms with Gasteiger partial charge in [-0.15, -0.1) is 0 Å². The van der Waals surface area contributed by atoms with Crippen LogP contribution >= 0.6 is 0 Å². The van der Waals surface area contributed by atoms with Gasteiger partial charge in [-0.05, 0) is 36.4 Å². The summed E-state index contributed by atoms with van der Waals surface area (Å²) in [7, 11) is 0. The van der Waals surface area contributed by atoms with Crippen molar-refractivity contribution in [2.45, 2.75) is 6.18 Å². The monoisotopic (exact) mass is 461 g/mol. The number of aromatic hydroxyl groups is 1. The summed E-state index contributed by atoms with van der Waals surface area (Å²) in [5, 5.41) is 10.0. The number of amides is 1. The van der Waals surface area contributed by atoms with Crippen molar-refractivity contribution in [1.29, 1.82) is 0 Å². The average molecular weight is 461 g/mol. The van der Waals surface area contributed by atoms with Gasteiger partial charge in [0.2, 0.25) is 5.91 Å². The first-order chi connectivity index (χ1) is 15.6. The molecule has 0 unspecified atom stereocenters. The minimum atomic E-state index is -5.01. The first kappa shape index (κ1) is 22.4. The van der Waals surface area contributed by atoms with Gasteiger partial charge in [0.25, 0.3) is 5.56 Å². The number of phenolic OH excluding ortho intramolecular Hbond substituents is 1. The van der Waals surface area contributed by atoms with E-state index in [1.807, 2.05) is 0 Å². The van der Waals surface area contributed by atoms with E-state index in [1.165, 1.54) is 18.2 Å². The maximum absolute atomic E-state index is 14.5. The molecule has 10 heteroatoms. The zero-order valence-electron chi connectivity index (χ0n) is 17.3. The maximum Gasteiger partial charge on any atom is 0.431 e. The molecule has 1 amide bonds. The van der Waals surface area contributed by atoms with Crippen LogP contribution in [-0.4, -0.2) is 46.7 Å². The number of hydrogen-bond donors (Lipinski definition) is 1. The zero-order valence-corrected chi connectivity index (χ0v) is 17.3. The smallest absolute Gasteiger partial charge is 0.431 e. The van der Waals surface area contributed by atoms with E-state index in [1.54, 1.807) is 15.9 Å². The molecule has 1 aromatic heterocycles. The molecule has 2 aromatic carbocycles. The van der Waals surface area contributed by atoms with Crippen LogP contribution in [0.1, 0.15) is 5.69 Å². The number of phenols is 1. The van der Waals surface area contributed by atoms with E-state index in [2.05, 4.69) is 6.58 Å². The van der Waals surface area contributed by atoms with Gasteiger partial charge in [-0.1, -0.05) is 18.7 Å². The van der Waals surface area contributed by atoms with E-state index >= 15 is 0 Å². The first-order valence-electron chi connectivity index (χ1n) is 10.0. The molecule has 0 atom stereocenters. The Labute approximate surface area is 185 Å². The Bertz CT molecular complexity index is 1290. The van der Waals surface area contributed by atoms with Crippen LogP contribution in [0.5, 0.6) is 5.75 Å². The van der Waals surface area contributed by atoms with E-state index in [-0.39, 0.29) is 21.2 Å². The summed E-state index contributed by atoms with van der Waals surface area (Å²) in [6, 6.07) is 8.27. The molecule has 2 heterocycles. The van der Waals surface area contributed by atoms with Crippen molar-refractivity contribution >= 4 is 22.4 Å². The van der Waals surface area contributed by atoms with Crippen molar-refractivity contribution in [3.63, 3.8) is 0 Å². The fourth-order valence-corrected chi connectivity index (χ4v) is 4.05. The van der Waals surface area contributed by atoms with E-state index < -0.39 is 34.7 Å². The number of carbonyl (C=O) groups excluding carboxylic acids is 1. The lowest BCUT2D eigenvalue weighted by Gasteiger charge is -2.36. The van der Waals surface area contributed by atoms with Gasteiger partial charge < -0.3 is 14.9 Å². The number of benzene rings is 2. The number of aromatic nitrogens is 1. The highest BCUT2D eigenvalue weighted by Crippen LogP contribution is 2.37. The Balaban J connectivity index is 1.91. The average Bonchev–Trinajstić information content (AvgIpc) is 2.78. The van der Waals surface area contributed by atoms with Crippen LogP contribution in [0.3, 0.4) is 0 Å². The van der Waals surface area contributed by atoms with Crippen LogP contribution in [-0.2, 0) is 11.0 Å². The van der Waals surface area contributed by atoms with Crippen molar-refractivity contribution in [2.24, 2.45) is 0 Å². The summed E-state index contributed by atoms with van der Waals surface area (Å²) in [5.41, 5.74) is -2.99. The molecule has 0 aliphatic carbocycles. The Hall–Kier alpha value is -3.82. The molecule has 1 fully saturated rings. The van der Waals surface area contributed by atoms with Crippen LogP contribution < -0.4 is 10.5 Å². The molecule has 1 saturated heterocycles. The maximum atomic E-state index is 14.5. The first-order valence-corrected chi connectivity index (χ1v) is 10.0. The van der Waals surface area contributed by atoms with Crippen LogP contribution in [0.25, 0.3) is 16.5 Å². The minimum Gasteiger partial charge on any atom is -0.506 e. The van der Waals surface area contributed by atoms with Crippen molar-refractivity contribution < 1.29 is 27.5 Å². The number of halogens is 4. The highest BCUT2D eigenvalue weighted by Gasteiger charge is 2.37. The van der Waals surface area contributed by atoms with Crippen LogP contribution in [0, 0.1) is 5.82 Å². The molecular weight excluding hydrogens is 442 g/mol. The van der Waals surface area contributed by atoms with Gasteiger partial charge in [-0.3, -0.25) is 14.2 Å². The standard InChI is InChI=1S/C23H19F4N3O3/c1-2-20(32)29-11-9-28(10-12-29)17-7-3-5-14-15(17)13-19(23(25,26)27)30(22(14)33)21-16(24)6-4-8-18(21)31/h2-8,13,31H,1,9-12H2. The van der Waals surface area contributed by atoms with Crippen molar-refractivity contribution in [1.82, 2.24) is 9.47 Å². The number of pyridine rings is 1. The Morgan fingerprint density at radius 1 is 1.03 bits per heavy atom. The van der Waals surface area contributed by atoms with Gasteiger partial charge >= 0.3 is 6.18 Å². The van der Waals surface area contributed by atoms with E-state index in [0.717, 1.165) is 24.3 Å². The van der Waals surface area contributed by atoms with Crippen LogP contribution in [0.4, 0.5) is 23.2 Å². The summed E-state index contributed by atoms with van der Waals surface area (Å²) in [6.07, 6.45) is -3.81. The molecule has 1 aliphatic rings. The Kier molecular flexibility index (Phi) is 5.61. The molecule has 172 valence electrons. The molecule has 6 nitrogen and oxygen atoms in total. The van der Waals surface area contributed by atoms with Crippen molar-refractivity contribution in [3.8, 4) is 11.4 Å². The minimum absolute atomic E-state index is 0.0467. The van der Waals surface area contributed by atoms with E-state index in [4.69, 9.17) is 0 Å². The Morgan fingerprint density at radius 2 is 1.70 bits per heavy atom. The summed E-state index contributed by atoms with van der Waals surface area (Å²) in [4.78, 5) is 28.4. The third-order valence-electron chi connectivity index (χ3n) is 5.62. The molecule has 0 radical (unpaired) electrons. The third-order valence-corrected chi connectivity index (χ3v) is 5.62. The second-order valence-electron chi connectivity index (χ2n) is 7.53. The predicted octanol–water partition coefficient (Wildman–Crippen LogP) is 3.69. The van der Waals surface area contributed by atoms with Crippen LogP contribution in [0.2, 0.25) is 0 Å². The normalized spacial score (nSPS) is 14.5. The molecule has 0 saturated carbocycles. The highest BCUT2D eigenvalue weighted by molar-refractivity contribution is 5.95. The lowest BCUT2D eigenvalue weighted by Crippen LogP contribution is -2.48. The zero-order chi connectivity index (χ0) is 23.9. The fraction of sp³-hybridized carbons (Fsp3) is 0.217. The molecule has 3 aromatic rings. The summed E-state index contributed by atoms with van der Waals surface area (Å²) in [5.74, 6) is -2.19. The van der Waals surface area contributed by atoms with E-state index in [9.17, 15) is 32.3 Å². The topological polar surface area (TPSA) is 65.8 Å². The van der Waals surface area contributed by atoms with Gasteiger partial charge in [0.05, 0.1) is 0 Å². The van der Waals surface area contributed by atoms with Gasteiger partial charge in [-0.2, -0.15) is 13.2 Å². The lowest BCUT2D eigenvalue weighted by atomic mass is 10.1. The number of fused-ring (bicyclic) bond motifs is 1. The number of nitrogens with zero attached hydrogens (tertiary/aromatic N) is 3. The molecule has 1 N–H and O–H groups in total. The van der Waals surface area contributed by atoms with Gasteiger partial charge in [0.15, 0.2) is 5.82 Å². The summed E-state index contributed by atoms with van der Waals surface area (Å²) >= 11 is 0. The largest absolute Gasteiger partial charge is 0.506 e. The number of piperazine rings is 1. The number of rotatable bonds is 3. The van der Waals surface area contributed by atoms with Crippen molar-refractivity contribution in [2.75, 3.05) is 31.1 Å². The Morgan fingerprint density at radius 3 is 2.30 bits per heavy atom. The second-order valence-corrected chi connectivity index (χ2v) is 7.53. The molecular formula is C23H19F4N3O3. The van der Waals surface area contributed by atoms with Crippen LogP contribution in [0.15, 0.2) is 59.9 Å². The number of carbonyl (C=O) groups is 1. The van der Waals surface area contributed by atoms with Gasteiger partial charge in [0, 0.05) is 42.6 Å². The highest BCUT2D eigenvalue weighted by atomic mass is 19.4. The number of anilines is 1. The van der Waals surface area contributed by atoms with Gasteiger partial charge in [-0.25, -0.2) is 4.39 Å². The fourth-order valence-electron chi connectivity index (χ4n) is 4.05. The van der Waals surface area contributed by atoms with E-state index in [0.29, 0.717) is 31.9 Å². The summed E-state index contributed by atoms with van der Waals surface area (Å²) in [6.45, 7) is 4.82.